The molecule has 0 heterocycles. The van der Waals surface area contributed by atoms with E-state index >= 15 is 0 Å². The van der Waals surface area contributed by atoms with Crippen LogP contribution < -0.4 is 10.6 Å². The molecule has 0 spiro atoms. The first-order chi connectivity index (χ1) is 11.7. The van der Waals surface area contributed by atoms with E-state index in [0.717, 1.165) is 25.7 Å². The van der Waals surface area contributed by atoms with Gasteiger partial charge in [0.05, 0.1) is 0 Å². The molecule has 0 aromatic heterocycles. The SMILES string of the molecule is O=C(NC1CCCCCC1)c1cccc(C(=O)NC2CCCC2)c1. The van der Waals surface area contributed by atoms with E-state index in [-0.39, 0.29) is 17.9 Å². The van der Waals surface area contributed by atoms with E-state index in [1.54, 1.807) is 24.3 Å². The number of benzene rings is 1. The maximum absolute atomic E-state index is 12.5. The van der Waals surface area contributed by atoms with Gasteiger partial charge < -0.3 is 10.6 Å². The molecule has 0 unspecified atom stereocenters. The van der Waals surface area contributed by atoms with Gasteiger partial charge in [0.2, 0.25) is 0 Å². The van der Waals surface area contributed by atoms with Crippen LogP contribution in [-0.2, 0) is 0 Å². The summed E-state index contributed by atoms with van der Waals surface area (Å²) in [6, 6.07) is 7.66. The molecule has 2 fully saturated rings. The van der Waals surface area contributed by atoms with Crippen molar-refractivity contribution in [2.45, 2.75) is 76.3 Å². The monoisotopic (exact) mass is 328 g/mol. The zero-order valence-corrected chi connectivity index (χ0v) is 14.4. The summed E-state index contributed by atoms with van der Waals surface area (Å²) in [6.45, 7) is 0. The van der Waals surface area contributed by atoms with Gasteiger partial charge in [0.25, 0.3) is 11.8 Å². The van der Waals surface area contributed by atoms with Crippen molar-refractivity contribution in [2.75, 3.05) is 0 Å². The highest BCUT2D eigenvalue weighted by atomic mass is 16.2. The number of carbonyl (C=O) groups is 2. The third-order valence-electron chi connectivity index (χ3n) is 5.27. The molecule has 4 nitrogen and oxygen atoms in total. The van der Waals surface area contributed by atoms with Gasteiger partial charge in [0.1, 0.15) is 0 Å². The lowest BCUT2D eigenvalue weighted by Gasteiger charge is -2.17. The number of hydrogen-bond donors (Lipinski definition) is 2. The Balaban J connectivity index is 1.60. The molecule has 1 aromatic carbocycles. The highest BCUT2D eigenvalue weighted by Gasteiger charge is 2.19. The Morgan fingerprint density at radius 2 is 1.12 bits per heavy atom. The normalized spacial score (nSPS) is 19.7. The minimum atomic E-state index is -0.0639. The molecule has 2 saturated carbocycles. The molecular weight excluding hydrogens is 300 g/mol. The van der Waals surface area contributed by atoms with Crippen LogP contribution in [0.1, 0.15) is 84.9 Å². The number of rotatable bonds is 4. The molecule has 0 radical (unpaired) electrons. The van der Waals surface area contributed by atoms with Gasteiger partial charge in [-0.05, 0) is 43.9 Å². The maximum Gasteiger partial charge on any atom is 0.251 e. The van der Waals surface area contributed by atoms with Crippen molar-refractivity contribution in [1.82, 2.24) is 10.6 Å². The molecule has 0 aliphatic heterocycles. The average Bonchev–Trinajstić information content (AvgIpc) is 2.97. The molecule has 0 bridgehead atoms. The molecule has 130 valence electrons. The predicted octanol–water partition coefficient (Wildman–Crippen LogP) is 3.81. The second-order valence-electron chi connectivity index (χ2n) is 7.20. The molecule has 2 aliphatic rings. The Kier molecular flexibility index (Phi) is 5.89. The van der Waals surface area contributed by atoms with Crippen molar-refractivity contribution in [3.05, 3.63) is 35.4 Å². The summed E-state index contributed by atoms with van der Waals surface area (Å²) in [5, 5.41) is 6.22. The van der Waals surface area contributed by atoms with Crippen LogP contribution in [0.15, 0.2) is 24.3 Å². The zero-order chi connectivity index (χ0) is 16.8. The first kappa shape index (κ1) is 17.0. The highest BCUT2D eigenvalue weighted by Crippen LogP contribution is 2.19. The molecule has 0 saturated heterocycles. The summed E-state index contributed by atoms with van der Waals surface area (Å²) in [5.74, 6) is -0.122. The van der Waals surface area contributed by atoms with Crippen LogP contribution in [0.3, 0.4) is 0 Å². The number of nitrogens with one attached hydrogen (secondary N) is 2. The van der Waals surface area contributed by atoms with Gasteiger partial charge in [0, 0.05) is 23.2 Å². The van der Waals surface area contributed by atoms with Gasteiger partial charge in [0.15, 0.2) is 0 Å². The van der Waals surface area contributed by atoms with Crippen molar-refractivity contribution in [3.63, 3.8) is 0 Å². The van der Waals surface area contributed by atoms with Crippen molar-refractivity contribution < 1.29 is 9.59 Å². The Bertz CT molecular complexity index is 571. The van der Waals surface area contributed by atoms with Crippen LogP contribution in [0, 0.1) is 0 Å². The smallest absolute Gasteiger partial charge is 0.251 e. The van der Waals surface area contributed by atoms with Gasteiger partial charge in [-0.15, -0.1) is 0 Å². The minimum Gasteiger partial charge on any atom is -0.349 e. The van der Waals surface area contributed by atoms with Gasteiger partial charge in [-0.3, -0.25) is 9.59 Å². The number of carbonyl (C=O) groups excluding carboxylic acids is 2. The second-order valence-corrected chi connectivity index (χ2v) is 7.20. The average molecular weight is 328 g/mol. The largest absolute Gasteiger partial charge is 0.349 e. The fourth-order valence-corrected chi connectivity index (χ4v) is 3.83. The Labute approximate surface area is 144 Å². The van der Waals surface area contributed by atoms with E-state index in [1.807, 2.05) is 0 Å². The molecule has 4 heteroatoms. The molecule has 2 aliphatic carbocycles. The van der Waals surface area contributed by atoms with E-state index in [0.29, 0.717) is 17.2 Å². The minimum absolute atomic E-state index is 0.0579. The fraction of sp³-hybridized carbons (Fsp3) is 0.600. The van der Waals surface area contributed by atoms with Crippen molar-refractivity contribution in [3.8, 4) is 0 Å². The molecule has 3 rings (SSSR count). The lowest BCUT2D eigenvalue weighted by atomic mass is 10.1. The van der Waals surface area contributed by atoms with Gasteiger partial charge >= 0.3 is 0 Å². The summed E-state index contributed by atoms with van der Waals surface area (Å²) >= 11 is 0. The number of amides is 2. The molecule has 2 amide bonds. The van der Waals surface area contributed by atoms with E-state index in [1.165, 1.54) is 38.5 Å². The van der Waals surface area contributed by atoms with Crippen LogP contribution in [0.5, 0.6) is 0 Å². The Morgan fingerprint density at radius 1 is 0.708 bits per heavy atom. The third-order valence-corrected chi connectivity index (χ3v) is 5.27. The molecule has 24 heavy (non-hydrogen) atoms. The summed E-state index contributed by atoms with van der Waals surface area (Å²) < 4.78 is 0. The quantitative estimate of drug-likeness (QED) is 0.826. The lowest BCUT2D eigenvalue weighted by Crippen LogP contribution is -2.35. The van der Waals surface area contributed by atoms with Crippen molar-refractivity contribution >= 4 is 11.8 Å². The summed E-state index contributed by atoms with van der Waals surface area (Å²) in [4.78, 5) is 24.9. The summed E-state index contributed by atoms with van der Waals surface area (Å²) in [6.07, 6.45) is 11.5. The Morgan fingerprint density at radius 3 is 1.58 bits per heavy atom. The van der Waals surface area contributed by atoms with Crippen LogP contribution in [-0.4, -0.2) is 23.9 Å². The maximum atomic E-state index is 12.5. The third kappa shape index (κ3) is 4.59. The Hall–Kier alpha value is -1.84. The summed E-state index contributed by atoms with van der Waals surface area (Å²) in [7, 11) is 0. The van der Waals surface area contributed by atoms with E-state index < -0.39 is 0 Å². The standard InChI is InChI=1S/C20H28N2O2/c23-19(21-17-10-3-1-2-4-11-17)15-8-7-9-16(14-15)20(24)22-18-12-5-6-13-18/h7-9,14,17-18H,1-6,10-13H2,(H,21,23)(H,22,24). The van der Waals surface area contributed by atoms with Crippen LogP contribution in [0.4, 0.5) is 0 Å². The molecule has 0 atom stereocenters. The first-order valence-electron chi connectivity index (χ1n) is 9.44. The molecular formula is C20H28N2O2. The van der Waals surface area contributed by atoms with E-state index in [4.69, 9.17) is 0 Å². The molecule has 2 N–H and O–H groups in total. The lowest BCUT2D eigenvalue weighted by molar-refractivity contribution is 0.0933. The van der Waals surface area contributed by atoms with Crippen LogP contribution in [0.2, 0.25) is 0 Å². The summed E-state index contributed by atoms with van der Waals surface area (Å²) in [5.41, 5.74) is 1.16. The van der Waals surface area contributed by atoms with E-state index in [9.17, 15) is 9.59 Å². The van der Waals surface area contributed by atoms with E-state index in [2.05, 4.69) is 10.6 Å². The van der Waals surface area contributed by atoms with Crippen LogP contribution >= 0.6 is 0 Å². The topological polar surface area (TPSA) is 58.2 Å². The second kappa shape index (κ2) is 8.32. The van der Waals surface area contributed by atoms with Gasteiger partial charge in [-0.2, -0.15) is 0 Å². The zero-order valence-electron chi connectivity index (χ0n) is 14.4. The van der Waals surface area contributed by atoms with Crippen molar-refractivity contribution in [1.29, 1.82) is 0 Å². The van der Waals surface area contributed by atoms with Crippen LogP contribution in [0.25, 0.3) is 0 Å². The first-order valence-corrected chi connectivity index (χ1v) is 9.44. The predicted molar refractivity (Wildman–Crippen MR) is 95.1 cm³/mol. The van der Waals surface area contributed by atoms with Gasteiger partial charge in [-0.25, -0.2) is 0 Å². The van der Waals surface area contributed by atoms with Gasteiger partial charge in [-0.1, -0.05) is 44.6 Å². The fourth-order valence-electron chi connectivity index (χ4n) is 3.83. The highest BCUT2D eigenvalue weighted by molar-refractivity contribution is 5.99. The molecule has 1 aromatic rings. The number of hydrogen-bond acceptors (Lipinski definition) is 2. The van der Waals surface area contributed by atoms with Crippen molar-refractivity contribution in [2.24, 2.45) is 0 Å².